The van der Waals surface area contributed by atoms with Gasteiger partial charge >= 0.3 is 0 Å². The average molecular weight is 473 g/mol. The van der Waals surface area contributed by atoms with Crippen molar-refractivity contribution in [3.05, 3.63) is 58.7 Å². The Kier molecular flexibility index (Phi) is 9.56. The van der Waals surface area contributed by atoms with Crippen LogP contribution < -0.4 is 0 Å². The van der Waals surface area contributed by atoms with Crippen LogP contribution in [-0.2, 0) is 26.7 Å². The lowest BCUT2D eigenvalue weighted by Crippen LogP contribution is -2.02. The minimum Gasteiger partial charge on any atom is -0.748 e. The minimum absolute atomic E-state index is 0.601. The van der Waals surface area contributed by atoms with Crippen LogP contribution in [0, 0.1) is 0 Å². The molecule has 2 aromatic rings. The molecule has 3 rings (SSSR count). The first-order valence-corrected chi connectivity index (χ1v) is 13.7. The summed E-state index contributed by atoms with van der Waals surface area (Å²) in [5.41, 5.74) is 5.84. The summed E-state index contributed by atoms with van der Waals surface area (Å²) in [6.45, 7) is 9.06. The lowest BCUT2D eigenvalue weighted by atomic mass is 9.96. The molecule has 0 radical (unpaired) electrons. The molecular weight excluding hydrogens is 444 g/mol. The molecule has 2 aromatic carbocycles. The fraction of sp³-hybridized carbons (Fsp3) is 0.429. The fourth-order valence-corrected chi connectivity index (χ4v) is 3.84. The predicted molar refractivity (Wildman–Crippen MR) is 119 cm³/mol. The molecule has 0 aliphatic carbocycles. The maximum Gasteiger partial charge on any atom is 0.0916 e. The van der Waals surface area contributed by atoms with Crippen LogP contribution in [0.1, 0.15) is 61.8 Å². The summed E-state index contributed by atoms with van der Waals surface area (Å²) in [7, 11) is -7.83. The van der Waals surface area contributed by atoms with Gasteiger partial charge in [-0.2, -0.15) is 0 Å². The Morgan fingerprint density at radius 2 is 1.03 bits per heavy atom. The van der Waals surface area contributed by atoms with Crippen LogP contribution >= 0.6 is 11.8 Å². The Hall–Kier alpha value is -1.39. The molecule has 0 aromatic heterocycles. The van der Waals surface area contributed by atoms with Crippen LogP contribution in [0.25, 0.3) is 0 Å². The van der Waals surface area contributed by atoms with E-state index in [2.05, 4.69) is 64.1 Å². The highest BCUT2D eigenvalue weighted by Crippen LogP contribution is 2.41. The first-order valence-electron chi connectivity index (χ1n) is 9.29. The summed E-state index contributed by atoms with van der Waals surface area (Å²) in [5.74, 6) is 1.20. The number of fused-ring (bicyclic) bond motifs is 2. The van der Waals surface area contributed by atoms with E-state index in [-0.39, 0.29) is 0 Å². The van der Waals surface area contributed by atoms with Gasteiger partial charge in [0.05, 0.1) is 20.2 Å². The van der Waals surface area contributed by atoms with Crippen molar-refractivity contribution in [2.24, 2.45) is 0 Å². The van der Waals surface area contributed by atoms with Gasteiger partial charge in [0.25, 0.3) is 0 Å². The summed E-state index contributed by atoms with van der Waals surface area (Å²) in [6, 6.07) is 14.0. The highest BCUT2D eigenvalue weighted by atomic mass is 32.2. The third-order valence-electron chi connectivity index (χ3n) is 4.12. The van der Waals surface area contributed by atoms with Crippen LogP contribution in [0.5, 0.6) is 0 Å². The van der Waals surface area contributed by atoms with Gasteiger partial charge < -0.3 is 9.11 Å². The quantitative estimate of drug-likeness (QED) is 0.510. The molecule has 0 bridgehead atoms. The highest BCUT2D eigenvalue weighted by molar-refractivity contribution is 7.99. The second kappa shape index (κ2) is 10.8. The van der Waals surface area contributed by atoms with E-state index < -0.39 is 20.2 Å². The molecule has 30 heavy (non-hydrogen) atoms. The van der Waals surface area contributed by atoms with Gasteiger partial charge in [0.1, 0.15) is 0 Å². The van der Waals surface area contributed by atoms with E-state index in [1.54, 1.807) is 0 Å². The van der Waals surface area contributed by atoms with Gasteiger partial charge in [0.2, 0.25) is 0 Å². The summed E-state index contributed by atoms with van der Waals surface area (Å²) < 4.78 is 54.5. The minimum atomic E-state index is -3.92. The summed E-state index contributed by atoms with van der Waals surface area (Å²) >= 11 is 1.95. The molecule has 0 N–H and O–H groups in total. The van der Waals surface area contributed by atoms with Crippen LogP contribution in [-0.4, -0.2) is 38.5 Å². The molecule has 1 aliphatic rings. The maximum atomic E-state index is 9.08. The van der Waals surface area contributed by atoms with Crippen molar-refractivity contribution < 1.29 is 25.9 Å². The van der Waals surface area contributed by atoms with E-state index >= 15 is 0 Å². The molecule has 0 amide bonds. The maximum absolute atomic E-state index is 9.08. The highest BCUT2D eigenvalue weighted by Gasteiger charge is 2.17. The molecule has 6 nitrogen and oxygen atoms in total. The van der Waals surface area contributed by atoms with E-state index in [9.17, 15) is 0 Å². The molecule has 1 aliphatic heterocycles. The second-order valence-electron chi connectivity index (χ2n) is 7.73. The zero-order valence-electron chi connectivity index (χ0n) is 18.0. The van der Waals surface area contributed by atoms with Crippen molar-refractivity contribution >= 4 is 32.0 Å². The number of hydrogen-bond donors (Lipinski definition) is 0. The van der Waals surface area contributed by atoms with E-state index in [1.165, 1.54) is 32.0 Å². The summed E-state index contributed by atoms with van der Waals surface area (Å²) in [5, 5.41) is 0. The normalized spacial score (nSPS) is 12.9. The second-order valence-corrected chi connectivity index (χ2v) is 11.6. The van der Waals surface area contributed by atoms with E-state index in [1.807, 2.05) is 11.8 Å². The monoisotopic (exact) mass is 472 g/mol. The van der Waals surface area contributed by atoms with Gasteiger partial charge in [-0.25, -0.2) is 16.8 Å². The number of benzene rings is 2. The van der Waals surface area contributed by atoms with Crippen LogP contribution in [0.3, 0.4) is 0 Å². The largest absolute Gasteiger partial charge is 0.748 e. The third kappa shape index (κ3) is 10.6. The Morgan fingerprint density at radius 3 is 1.30 bits per heavy atom. The SMILES string of the molecule is CC(C)c1ccc2c(c1)Sc1cc(C(C)C)ccc1C2.CS(=O)(=O)[O-].CS(=O)(=O)[O-]. The van der Waals surface area contributed by atoms with Gasteiger partial charge in [-0.15, -0.1) is 0 Å². The Labute approximate surface area is 184 Å². The van der Waals surface area contributed by atoms with E-state index in [0.29, 0.717) is 24.3 Å². The zero-order valence-corrected chi connectivity index (χ0v) is 20.4. The molecule has 0 saturated heterocycles. The van der Waals surface area contributed by atoms with E-state index in [4.69, 9.17) is 25.9 Å². The molecule has 1 heterocycles. The molecular formula is C21H28O6S3-2. The predicted octanol–water partition coefficient (Wildman–Crippen LogP) is 4.31. The van der Waals surface area contributed by atoms with Gasteiger partial charge in [0, 0.05) is 22.3 Å². The topological polar surface area (TPSA) is 114 Å². The van der Waals surface area contributed by atoms with E-state index in [0.717, 1.165) is 6.42 Å². The van der Waals surface area contributed by atoms with Gasteiger partial charge in [-0.1, -0.05) is 63.7 Å². The molecule has 168 valence electrons. The first-order chi connectivity index (χ1) is 13.5. The van der Waals surface area contributed by atoms with Crippen molar-refractivity contribution in [3.63, 3.8) is 0 Å². The Morgan fingerprint density at radius 1 is 0.733 bits per heavy atom. The number of hydrogen-bond acceptors (Lipinski definition) is 7. The van der Waals surface area contributed by atoms with Gasteiger partial charge in [-0.05, 0) is 52.6 Å². The van der Waals surface area contributed by atoms with Crippen molar-refractivity contribution in [2.45, 2.75) is 55.7 Å². The average Bonchev–Trinajstić information content (AvgIpc) is 2.55. The Bertz CT molecular complexity index is 970. The van der Waals surface area contributed by atoms with Crippen molar-refractivity contribution in [1.82, 2.24) is 0 Å². The third-order valence-corrected chi connectivity index (χ3v) is 5.32. The fourth-order valence-electron chi connectivity index (χ4n) is 2.67. The molecule has 0 fully saturated rings. The van der Waals surface area contributed by atoms with Crippen molar-refractivity contribution in [1.29, 1.82) is 0 Å². The van der Waals surface area contributed by atoms with Crippen LogP contribution in [0.4, 0.5) is 0 Å². The molecule has 0 saturated carbocycles. The van der Waals surface area contributed by atoms with Crippen molar-refractivity contribution in [2.75, 3.05) is 12.5 Å². The van der Waals surface area contributed by atoms with Gasteiger partial charge in [0.15, 0.2) is 0 Å². The van der Waals surface area contributed by atoms with Gasteiger partial charge in [-0.3, -0.25) is 0 Å². The first kappa shape index (κ1) is 26.6. The van der Waals surface area contributed by atoms with Crippen molar-refractivity contribution in [3.8, 4) is 0 Å². The lowest BCUT2D eigenvalue weighted by molar-refractivity contribution is 0.468. The Balaban J connectivity index is 0.000000378. The molecule has 0 spiro atoms. The van der Waals surface area contributed by atoms with Crippen LogP contribution in [0.2, 0.25) is 0 Å². The molecule has 0 atom stereocenters. The summed E-state index contributed by atoms with van der Waals surface area (Å²) in [6.07, 6.45) is 2.29. The zero-order chi connectivity index (χ0) is 23.3. The smallest absolute Gasteiger partial charge is 0.0916 e. The lowest BCUT2D eigenvalue weighted by Gasteiger charge is -2.21. The van der Waals surface area contributed by atoms with Crippen LogP contribution in [0.15, 0.2) is 46.2 Å². The molecule has 0 unspecified atom stereocenters. The standard InChI is InChI=1S/C19H22S.2CH4O3S/c1-12(2)14-5-7-16-9-17-8-6-15(13(3)4)11-19(17)20-18(16)10-14;2*1-5(2,3)4/h5-8,10-13H,9H2,1-4H3;2*1H3,(H,2,3,4)/p-2. The summed E-state index contributed by atoms with van der Waals surface area (Å²) in [4.78, 5) is 2.90. The molecule has 9 heteroatoms. The number of rotatable bonds is 2.